The maximum atomic E-state index is 12.8. The molecule has 0 fully saturated rings. The zero-order valence-corrected chi connectivity index (χ0v) is 15.8. The van der Waals surface area contributed by atoms with Crippen molar-refractivity contribution in [2.75, 3.05) is 0 Å². The Morgan fingerprint density at radius 3 is 2.50 bits per heavy atom. The summed E-state index contributed by atoms with van der Waals surface area (Å²) in [5, 5.41) is 5.64. The molecule has 5 nitrogen and oxygen atoms in total. The number of carbonyl (C=O) groups is 1. The number of aryl methyl sites for hydroxylation is 2. The molecule has 0 unspecified atom stereocenters. The fourth-order valence-electron chi connectivity index (χ4n) is 2.82. The molecule has 0 atom stereocenters. The average molecular weight is 371 g/mol. The van der Waals surface area contributed by atoms with Crippen LogP contribution in [0.2, 0.25) is 5.02 Å². The third-order valence-corrected chi connectivity index (χ3v) is 4.60. The van der Waals surface area contributed by atoms with Gasteiger partial charge in [-0.25, -0.2) is 9.48 Å². The van der Waals surface area contributed by atoms with Crippen LogP contribution in [-0.4, -0.2) is 15.7 Å². The van der Waals surface area contributed by atoms with E-state index in [1.54, 1.807) is 36.4 Å². The highest BCUT2D eigenvalue weighted by molar-refractivity contribution is 6.31. The molecule has 0 aliphatic carbocycles. The summed E-state index contributed by atoms with van der Waals surface area (Å²) in [6, 6.07) is 10.4. The molecule has 2 aromatic carbocycles. The van der Waals surface area contributed by atoms with Gasteiger partial charge in [-0.3, -0.25) is 4.79 Å². The number of aromatic nitrogens is 2. The first-order chi connectivity index (χ1) is 12.3. The predicted octanol–water partition coefficient (Wildman–Crippen LogP) is 4.24. The van der Waals surface area contributed by atoms with Crippen molar-refractivity contribution in [3.63, 3.8) is 0 Å². The molecule has 0 radical (unpaired) electrons. The highest BCUT2D eigenvalue weighted by Gasteiger charge is 2.19. The van der Waals surface area contributed by atoms with Gasteiger partial charge in [-0.05, 0) is 42.2 Å². The molecule has 6 heteroatoms. The lowest BCUT2D eigenvalue weighted by Crippen LogP contribution is -2.24. The molecule has 0 aliphatic heterocycles. The van der Waals surface area contributed by atoms with Crippen LogP contribution in [0, 0.1) is 6.92 Å². The van der Waals surface area contributed by atoms with Crippen molar-refractivity contribution < 1.29 is 9.53 Å². The Balaban J connectivity index is 2.07. The number of nitrogens with zero attached hydrogens (tertiary/aromatic N) is 2. The minimum absolute atomic E-state index is 0.100. The van der Waals surface area contributed by atoms with Crippen LogP contribution in [0.1, 0.15) is 41.4 Å². The van der Waals surface area contributed by atoms with Crippen LogP contribution in [-0.2, 0) is 7.05 Å². The molecule has 0 N–H and O–H groups in total. The molecular formula is C20H19ClN2O3. The minimum atomic E-state index is -0.614. The van der Waals surface area contributed by atoms with Crippen LogP contribution < -0.4 is 10.3 Å². The van der Waals surface area contributed by atoms with E-state index in [1.165, 1.54) is 7.05 Å². The van der Waals surface area contributed by atoms with Crippen molar-refractivity contribution in [2.24, 2.45) is 7.05 Å². The number of hydrogen-bond donors (Lipinski definition) is 0. The Hall–Kier alpha value is -2.66. The van der Waals surface area contributed by atoms with Gasteiger partial charge in [-0.1, -0.05) is 43.6 Å². The van der Waals surface area contributed by atoms with E-state index in [0.717, 1.165) is 15.8 Å². The molecule has 0 saturated heterocycles. The number of benzene rings is 2. The maximum Gasteiger partial charge on any atom is 0.364 e. The first-order valence-electron chi connectivity index (χ1n) is 8.28. The Morgan fingerprint density at radius 1 is 1.19 bits per heavy atom. The van der Waals surface area contributed by atoms with Gasteiger partial charge in [-0.15, -0.1) is 0 Å². The Bertz CT molecular complexity index is 1070. The molecule has 134 valence electrons. The fraction of sp³-hybridized carbons (Fsp3) is 0.250. The molecular weight excluding hydrogens is 352 g/mol. The van der Waals surface area contributed by atoms with Gasteiger partial charge in [0, 0.05) is 17.5 Å². The molecule has 0 bridgehead atoms. The van der Waals surface area contributed by atoms with E-state index in [0.29, 0.717) is 21.5 Å². The summed E-state index contributed by atoms with van der Waals surface area (Å²) in [7, 11) is 1.51. The lowest BCUT2D eigenvalue weighted by atomic mass is 10.0. The van der Waals surface area contributed by atoms with Gasteiger partial charge in [0.05, 0.1) is 5.39 Å². The average Bonchev–Trinajstić information content (AvgIpc) is 2.60. The van der Waals surface area contributed by atoms with Gasteiger partial charge in [-0.2, -0.15) is 5.10 Å². The maximum absolute atomic E-state index is 12.8. The summed E-state index contributed by atoms with van der Waals surface area (Å²) in [6.07, 6.45) is 0. The molecule has 0 aliphatic rings. The van der Waals surface area contributed by atoms with E-state index in [9.17, 15) is 9.59 Å². The molecule has 3 rings (SSSR count). The van der Waals surface area contributed by atoms with Gasteiger partial charge >= 0.3 is 5.97 Å². The van der Waals surface area contributed by atoms with Crippen molar-refractivity contribution in [2.45, 2.75) is 26.7 Å². The Labute approximate surface area is 156 Å². The first-order valence-corrected chi connectivity index (χ1v) is 8.65. The number of carbonyl (C=O) groups excluding carboxylic acids is 1. The number of esters is 1. The van der Waals surface area contributed by atoms with Crippen molar-refractivity contribution in [3.8, 4) is 5.75 Å². The normalized spacial score (nSPS) is 11.2. The van der Waals surface area contributed by atoms with E-state index in [2.05, 4.69) is 5.10 Å². The third-order valence-electron chi connectivity index (χ3n) is 4.27. The lowest BCUT2D eigenvalue weighted by molar-refractivity contribution is 0.0727. The zero-order valence-electron chi connectivity index (χ0n) is 15.0. The highest BCUT2D eigenvalue weighted by atomic mass is 35.5. The van der Waals surface area contributed by atoms with Crippen LogP contribution in [0.5, 0.6) is 5.75 Å². The summed E-state index contributed by atoms with van der Waals surface area (Å²) >= 11 is 6.28. The van der Waals surface area contributed by atoms with E-state index >= 15 is 0 Å². The lowest BCUT2D eigenvalue weighted by Gasteiger charge is -2.14. The SMILES string of the molecule is Cc1cc(Cl)c(C(C)C)cc1OC(=O)c1nn(C)c(=O)c2ccccc12. The quantitative estimate of drug-likeness (QED) is 0.511. The van der Waals surface area contributed by atoms with Crippen molar-refractivity contribution in [1.29, 1.82) is 0 Å². The zero-order chi connectivity index (χ0) is 19.0. The van der Waals surface area contributed by atoms with E-state index < -0.39 is 5.97 Å². The Morgan fingerprint density at radius 2 is 1.85 bits per heavy atom. The number of fused-ring (bicyclic) bond motifs is 1. The van der Waals surface area contributed by atoms with E-state index in [-0.39, 0.29) is 17.2 Å². The predicted molar refractivity (Wildman–Crippen MR) is 102 cm³/mol. The summed E-state index contributed by atoms with van der Waals surface area (Å²) in [6.45, 7) is 5.86. The molecule has 0 amide bonds. The van der Waals surface area contributed by atoms with Crippen LogP contribution in [0.3, 0.4) is 0 Å². The standard InChI is InChI=1S/C20H19ClN2O3/c1-11(2)15-10-17(12(3)9-16(15)21)26-20(25)18-13-7-5-6-8-14(13)19(24)23(4)22-18/h5-11H,1-4H3. The van der Waals surface area contributed by atoms with Crippen LogP contribution in [0.25, 0.3) is 10.8 Å². The molecule has 0 spiro atoms. The molecule has 1 heterocycles. The number of ether oxygens (including phenoxy) is 1. The molecule has 1 aromatic heterocycles. The fourth-order valence-corrected chi connectivity index (χ4v) is 3.26. The summed E-state index contributed by atoms with van der Waals surface area (Å²) in [4.78, 5) is 25.0. The second-order valence-corrected chi connectivity index (χ2v) is 6.91. The molecule has 0 saturated carbocycles. The Kier molecular flexibility index (Phi) is 4.83. The first kappa shape index (κ1) is 18.1. The largest absolute Gasteiger partial charge is 0.421 e. The van der Waals surface area contributed by atoms with Crippen LogP contribution >= 0.6 is 11.6 Å². The second kappa shape index (κ2) is 6.92. The van der Waals surface area contributed by atoms with Crippen molar-refractivity contribution in [3.05, 3.63) is 68.6 Å². The van der Waals surface area contributed by atoms with Gasteiger partial charge in [0.15, 0.2) is 5.69 Å². The summed E-state index contributed by atoms with van der Waals surface area (Å²) < 4.78 is 6.75. The number of rotatable bonds is 3. The highest BCUT2D eigenvalue weighted by Crippen LogP contribution is 2.32. The van der Waals surface area contributed by atoms with Gasteiger partial charge in [0.25, 0.3) is 5.56 Å². The van der Waals surface area contributed by atoms with Crippen LogP contribution in [0.4, 0.5) is 0 Å². The number of hydrogen-bond acceptors (Lipinski definition) is 4. The monoisotopic (exact) mass is 370 g/mol. The van der Waals surface area contributed by atoms with E-state index in [4.69, 9.17) is 16.3 Å². The molecule has 3 aromatic rings. The summed E-state index contributed by atoms with van der Waals surface area (Å²) in [5.41, 5.74) is 1.49. The molecule has 26 heavy (non-hydrogen) atoms. The van der Waals surface area contributed by atoms with E-state index in [1.807, 2.05) is 20.8 Å². The van der Waals surface area contributed by atoms with Gasteiger partial charge in [0.2, 0.25) is 0 Å². The van der Waals surface area contributed by atoms with Gasteiger partial charge in [0.1, 0.15) is 5.75 Å². The van der Waals surface area contributed by atoms with Crippen LogP contribution in [0.15, 0.2) is 41.2 Å². The topological polar surface area (TPSA) is 61.2 Å². The minimum Gasteiger partial charge on any atom is -0.421 e. The second-order valence-electron chi connectivity index (χ2n) is 6.51. The van der Waals surface area contributed by atoms with Crippen molar-refractivity contribution in [1.82, 2.24) is 9.78 Å². The van der Waals surface area contributed by atoms with Gasteiger partial charge < -0.3 is 4.74 Å². The number of halogens is 1. The third kappa shape index (κ3) is 3.22. The summed E-state index contributed by atoms with van der Waals surface area (Å²) in [5.74, 6) is 0.0109. The smallest absolute Gasteiger partial charge is 0.364 e. The van der Waals surface area contributed by atoms with Crippen molar-refractivity contribution >= 4 is 28.3 Å².